The molecule has 2 aliphatic rings. The summed E-state index contributed by atoms with van der Waals surface area (Å²) in [4.78, 5) is 2.66. The first-order valence-corrected chi connectivity index (χ1v) is 7.30. The Balaban J connectivity index is 1.97. The maximum absolute atomic E-state index is 4.32. The highest BCUT2D eigenvalue weighted by atomic mass is 33.1. The molecule has 0 amide bonds. The molecule has 2 fully saturated rings. The molecule has 0 aromatic heterocycles. The van der Waals surface area contributed by atoms with Crippen molar-refractivity contribution in [3.63, 3.8) is 0 Å². The molecule has 0 N–H and O–H groups in total. The third-order valence-corrected chi connectivity index (χ3v) is 5.13. The number of nitrogens with zero attached hydrogens (tertiary/aromatic N) is 1. The van der Waals surface area contributed by atoms with Gasteiger partial charge in [-0.2, -0.15) is 0 Å². The van der Waals surface area contributed by atoms with Gasteiger partial charge in [-0.3, -0.25) is 4.90 Å². The SMILES string of the molecule is CC(SS)N1CCC2CCCC1C2. The lowest BCUT2D eigenvalue weighted by molar-refractivity contribution is 0.0691. The van der Waals surface area contributed by atoms with Crippen molar-refractivity contribution in [2.24, 2.45) is 5.92 Å². The second-order valence-corrected chi connectivity index (χ2v) is 5.94. The van der Waals surface area contributed by atoms with Gasteiger partial charge in [-0.05, 0) is 38.6 Å². The van der Waals surface area contributed by atoms with E-state index < -0.39 is 0 Å². The molecule has 0 aromatic rings. The average molecular weight is 217 g/mol. The van der Waals surface area contributed by atoms with E-state index in [4.69, 9.17) is 0 Å². The molecule has 1 heterocycles. The minimum Gasteiger partial charge on any atom is -0.288 e. The minimum absolute atomic E-state index is 0.604. The highest BCUT2D eigenvalue weighted by Gasteiger charge is 2.33. The molecule has 1 nitrogen and oxygen atoms in total. The summed E-state index contributed by atoms with van der Waals surface area (Å²) in [6.45, 7) is 3.59. The smallest absolute Gasteiger partial charge is 0.0633 e. The summed E-state index contributed by atoms with van der Waals surface area (Å²) < 4.78 is 0. The average Bonchev–Trinajstić information content (AvgIpc) is 2.18. The van der Waals surface area contributed by atoms with Gasteiger partial charge in [-0.15, -0.1) is 11.7 Å². The molecule has 0 aromatic carbocycles. The predicted molar refractivity (Wildman–Crippen MR) is 63.1 cm³/mol. The molecule has 1 aliphatic heterocycles. The van der Waals surface area contributed by atoms with Crippen LogP contribution in [-0.4, -0.2) is 22.9 Å². The Morgan fingerprint density at radius 3 is 3.00 bits per heavy atom. The van der Waals surface area contributed by atoms with Crippen molar-refractivity contribution in [1.82, 2.24) is 4.90 Å². The molecular weight excluding hydrogens is 198 g/mol. The number of hydrogen-bond donors (Lipinski definition) is 1. The van der Waals surface area contributed by atoms with Crippen LogP contribution in [0.15, 0.2) is 0 Å². The second-order valence-electron chi connectivity index (χ2n) is 4.42. The van der Waals surface area contributed by atoms with Crippen molar-refractivity contribution in [1.29, 1.82) is 0 Å². The second kappa shape index (κ2) is 4.45. The van der Waals surface area contributed by atoms with Gasteiger partial charge in [0.1, 0.15) is 0 Å². The van der Waals surface area contributed by atoms with Crippen LogP contribution in [0.25, 0.3) is 0 Å². The quantitative estimate of drug-likeness (QED) is 0.559. The molecule has 1 saturated carbocycles. The van der Waals surface area contributed by atoms with Gasteiger partial charge in [0.15, 0.2) is 0 Å². The van der Waals surface area contributed by atoms with Crippen LogP contribution in [0, 0.1) is 5.92 Å². The lowest BCUT2D eigenvalue weighted by atomic mass is 9.80. The molecule has 1 aliphatic carbocycles. The Kier molecular flexibility index (Phi) is 3.49. The number of thiol groups is 1. The van der Waals surface area contributed by atoms with Crippen LogP contribution in [0.2, 0.25) is 0 Å². The molecular formula is C10H19NS2. The lowest BCUT2D eigenvalue weighted by Gasteiger charge is -2.45. The number of rotatable bonds is 2. The predicted octanol–water partition coefficient (Wildman–Crippen LogP) is 3.17. The van der Waals surface area contributed by atoms with Crippen LogP contribution in [0.3, 0.4) is 0 Å². The zero-order valence-electron chi connectivity index (χ0n) is 8.28. The lowest BCUT2D eigenvalue weighted by Crippen LogP contribution is -2.47. The van der Waals surface area contributed by atoms with E-state index in [0.717, 1.165) is 12.0 Å². The van der Waals surface area contributed by atoms with E-state index in [2.05, 4.69) is 23.5 Å². The molecule has 76 valence electrons. The Bertz CT molecular complexity index is 174. The third-order valence-electron chi connectivity index (χ3n) is 3.64. The van der Waals surface area contributed by atoms with Crippen molar-refractivity contribution in [2.45, 2.75) is 50.4 Å². The van der Waals surface area contributed by atoms with Crippen molar-refractivity contribution in [3.8, 4) is 0 Å². The van der Waals surface area contributed by atoms with Gasteiger partial charge < -0.3 is 0 Å². The molecule has 3 heteroatoms. The van der Waals surface area contributed by atoms with Gasteiger partial charge in [-0.1, -0.05) is 23.6 Å². The Morgan fingerprint density at radius 1 is 1.38 bits per heavy atom. The molecule has 3 unspecified atom stereocenters. The molecule has 3 atom stereocenters. The summed E-state index contributed by atoms with van der Waals surface area (Å²) in [5, 5.41) is 0.604. The summed E-state index contributed by atoms with van der Waals surface area (Å²) in [5.74, 6) is 1.05. The van der Waals surface area contributed by atoms with E-state index in [-0.39, 0.29) is 0 Å². The summed E-state index contributed by atoms with van der Waals surface area (Å²) in [7, 11) is 1.70. The highest BCUT2D eigenvalue weighted by molar-refractivity contribution is 8.68. The fraction of sp³-hybridized carbons (Fsp3) is 1.00. The fourth-order valence-electron chi connectivity index (χ4n) is 2.88. The fourth-order valence-corrected chi connectivity index (χ4v) is 3.64. The van der Waals surface area contributed by atoms with E-state index in [1.54, 1.807) is 10.8 Å². The molecule has 2 bridgehead atoms. The number of fused-ring (bicyclic) bond motifs is 2. The van der Waals surface area contributed by atoms with E-state index in [9.17, 15) is 0 Å². The standard InChI is InChI=1S/C10H19NS2/c1-8(13-12)11-6-5-9-3-2-4-10(11)7-9/h8-10,12H,2-7H2,1H3. The molecule has 0 spiro atoms. The molecule has 1 saturated heterocycles. The zero-order chi connectivity index (χ0) is 9.26. The van der Waals surface area contributed by atoms with Crippen molar-refractivity contribution in [2.75, 3.05) is 6.54 Å². The Hall–Kier alpha value is 0.660. The first-order chi connectivity index (χ1) is 6.31. The molecule has 13 heavy (non-hydrogen) atoms. The van der Waals surface area contributed by atoms with Crippen molar-refractivity contribution < 1.29 is 0 Å². The Morgan fingerprint density at radius 2 is 2.23 bits per heavy atom. The van der Waals surface area contributed by atoms with E-state index in [1.807, 2.05) is 0 Å². The normalized spacial score (nSPS) is 37.4. The van der Waals surface area contributed by atoms with Crippen LogP contribution < -0.4 is 0 Å². The van der Waals surface area contributed by atoms with Gasteiger partial charge in [-0.25, -0.2) is 0 Å². The molecule has 0 radical (unpaired) electrons. The maximum atomic E-state index is 4.32. The van der Waals surface area contributed by atoms with Gasteiger partial charge in [0.05, 0.1) is 5.37 Å². The molecule has 2 rings (SSSR count). The van der Waals surface area contributed by atoms with E-state index in [0.29, 0.717) is 5.37 Å². The summed E-state index contributed by atoms with van der Waals surface area (Å²) in [6, 6.07) is 0.877. The first kappa shape index (κ1) is 10.2. The van der Waals surface area contributed by atoms with Gasteiger partial charge in [0, 0.05) is 6.04 Å². The van der Waals surface area contributed by atoms with Gasteiger partial charge in [0.25, 0.3) is 0 Å². The minimum atomic E-state index is 0.604. The monoisotopic (exact) mass is 217 g/mol. The van der Waals surface area contributed by atoms with Crippen molar-refractivity contribution >= 4 is 22.5 Å². The van der Waals surface area contributed by atoms with Crippen LogP contribution in [-0.2, 0) is 0 Å². The topological polar surface area (TPSA) is 3.24 Å². The van der Waals surface area contributed by atoms with Crippen LogP contribution in [0.4, 0.5) is 0 Å². The van der Waals surface area contributed by atoms with Gasteiger partial charge in [0.2, 0.25) is 0 Å². The zero-order valence-corrected chi connectivity index (χ0v) is 9.99. The van der Waals surface area contributed by atoms with E-state index in [1.165, 1.54) is 38.6 Å². The summed E-state index contributed by atoms with van der Waals surface area (Å²) in [5.41, 5.74) is 0. The summed E-state index contributed by atoms with van der Waals surface area (Å²) >= 11 is 4.32. The van der Waals surface area contributed by atoms with E-state index >= 15 is 0 Å². The number of hydrogen-bond acceptors (Lipinski definition) is 3. The summed E-state index contributed by atoms with van der Waals surface area (Å²) in [6.07, 6.45) is 7.26. The third kappa shape index (κ3) is 2.18. The van der Waals surface area contributed by atoms with Crippen LogP contribution in [0.5, 0.6) is 0 Å². The maximum Gasteiger partial charge on any atom is 0.0633 e. The first-order valence-electron chi connectivity index (χ1n) is 5.37. The largest absolute Gasteiger partial charge is 0.288 e. The highest BCUT2D eigenvalue weighted by Crippen LogP contribution is 2.37. The van der Waals surface area contributed by atoms with Crippen LogP contribution >= 0.6 is 22.5 Å². The van der Waals surface area contributed by atoms with Gasteiger partial charge >= 0.3 is 0 Å². The number of likely N-dealkylation sites (tertiary alicyclic amines) is 1. The van der Waals surface area contributed by atoms with Crippen LogP contribution in [0.1, 0.15) is 39.0 Å². The Labute approximate surface area is 90.5 Å². The van der Waals surface area contributed by atoms with Crippen molar-refractivity contribution in [3.05, 3.63) is 0 Å². The number of piperidine rings is 1.